The Labute approximate surface area is 146 Å². The van der Waals surface area contributed by atoms with E-state index in [1.807, 2.05) is 25.3 Å². The molecule has 0 aliphatic carbocycles. The summed E-state index contributed by atoms with van der Waals surface area (Å²) in [7, 11) is 0. The smallest absolute Gasteiger partial charge is 0.322 e. The molecule has 2 fully saturated rings. The highest BCUT2D eigenvalue weighted by Gasteiger charge is 2.48. The molecule has 6 heteroatoms. The first kappa shape index (κ1) is 16.0. The van der Waals surface area contributed by atoms with Crippen LogP contribution in [0.15, 0.2) is 36.5 Å². The number of carbonyl (C=O) groups excluding carboxylic acids is 2. The maximum absolute atomic E-state index is 12.1. The number of fused-ring (bicyclic) bond motifs is 1. The number of likely N-dealkylation sites (tertiary alicyclic amines) is 1. The first-order chi connectivity index (χ1) is 12.1. The van der Waals surface area contributed by atoms with Gasteiger partial charge in [0.2, 0.25) is 0 Å². The van der Waals surface area contributed by atoms with Crippen LogP contribution in [0.3, 0.4) is 0 Å². The van der Waals surface area contributed by atoms with Crippen molar-refractivity contribution in [2.24, 2.45) is 5.92 Å². The third kappa shape index (κ3) is 2.87. The van der Waals surface area contributed by atoms with Crippen molar-refractivity contribution in [2.45, 2.75) is 31.8 Å². The van der Waals surface area contributed by atoms with Crippen molar-refractivity contribution in [3.8, 4) is 0 Å². The standard InChI is InChI=1S/C19H22N4O2/c1-19(17(24)21-18(25)22-19)14-7-10-23(11-8-14)12-13-4-2-6-16-15(13)5-3-9-20-16/h2-6,9,14H,7-8,10-12H2,1H3,(H2,21,22,24,25). The van der Waals surface area contributed by atoms with Crippen molar-refractivity contribution in [1.29, 1.82) is 0 Å². The number of hydrogen-bond acceptors (Lipinski definition) is 4. The zero-order chi connectivity index (χ0) is 17.4. The van der Waals surface area contributed by atoms with Crippen LogP contribution in [0.1, 0.15) is 25.3 Å². The van der Waals surface area contributed by atoms with Crippen LogP contribution in [0, 0.1) is 5.92 Å². The van der Waals surface area contributed by atoms with Gasteiger partial charge in [0.1, 0.15) is 5.54 Å². The average Bonchev–Trinajstić information content (AvgIpc) is 2.89. The van der Waals surface area contributed by atoms with Gasteiger partial charge < -0.3 is 5.32 Å². The van der Waals surface area contributed by atoms with E-state index in [2.05, 4.69) is 38.7 Å². The van der Waals surface area contributed by atoms with Crippen molar-refractivity contribution in [3.63, 3.8) is 0 Å². The molecular formula is C19H22N4O2. The van der Waals surface area contributed by atoms with Crippen molar-refractivity contribution in [2.75, 3.05) is 13.1 Å². The number of piperidine rings is 1. The van der Waals surface area contributed by atoms with Gasteiger partial charge in [0.05, 0.1) is 5.52 Å². The lowest BCUT2D eigenvalue weighted by molar-refractivity contribution is -0.125. The summed E-state index contributed by atoms with van der Waals surface area (Å²) in [5.74, 6) is -0.0274. The van der Waals surface area contributed by atoms with Crippen LogP contribution in [0.4, 0.5) is 4.79 Å². The van der Waals surface area contributed by atoms with Gasteiger partial charge in [-0.2, -0.15) is 0 Å². The predicted molar refractivity (Wildman–Crippen MR) is 94.8 cm³/mol. The molecule has 0 bridgehead atoms. The Bertz CT molecular complexity index is 824. The minimum atomic E-state index is -0.771. The first-order valence-corrected chi connectivity index (χ1v) is 8.75. The highest BCUT2D eigenvalue weighted by Crippen LogP contribution is 2.31. The quantitative estimate of drug-likeness (QED) is 0.840. The molecule has 2 saturated heterocycles. The third-order valence-corrected chi connectivity index (χ3v) is 5.61. The van der Waals surface area contributed by atoms with Crippen LogP contribution >= 0.6 is 0 Å². The normalized spacial score (nSPS) is 25.2. The van der Waals surface area contributed by atoms with Gasteiger partial charge >= 0.3 is 6.03 Å². The van der Waals surface area contributed by atoms with Crippen LogP contribution in [-0.4, -0.2) is 40.5 Å². The molecule has 1 unspecified atom stereocenters. The molecule has 1 atom stereocenters. The second-order valence-corrected chi connectivity index (χ2v) is 7.15. The molecular weight excluding hydrogens is 316 g/mol. The number of hydrogen-bond donors (Lipinski definition) is 2. The largest absolute Gasteiger partial charge is 0.323 e. The maximum Gasteiger partial charge on any atom is 0.322 e. The summed E-state index contributed by atoms with van der Waals surface area (Å²) in [6, 6.07) is 9.95. The third-order valence-electron chi connectivity index (χ3n) is 5.61. The summed E-state index contributed by atoms with van der Waals surface area (Å²) in [5.41, 5.74) is 1.53. The topological polar surface area (TPSA) is 74.3 Å². The lowest BCUT2D eigenvalue weighted by Gasteiger charge is -2.38. The number of nitrogens with one attached hydrogen (secondary N) is 2. The fourth-order valence-corrected chi connectivity index (χ4v) is 4.06. The van der Waals surface area contributed by atoms with Gasteiger partial charge in [0, 0.05) is 18.1 Å². The second-order valence-electron chi connectivity index (χ2n) is 7.15. The van der Waals surface area contributed by atoms with Crippen molar-refractivity contribution in [3.05, 3.63) is 42.1 Å². The molecule has 2 aromatic rings. The van der Waals surface area contributed by atoms with E-state index in [1.165, 1.54) is 10.9 Å². The van der Waals surface area contributed by atoms with Gasteiger partial charge in [-0.25, -0.2) is 4.79 Å². The Balaban J connectivity index is 1.44. The molecule has 130 valence electrons. The van der Waals surface area contributed by atoms with E-state index in [0.717, 1.165) is 38.0 Å². The summed E-state index contributed by atoms with van der Waals surface area (Å²) in [5, 5.41) is 6.37. The fraction of sp³-hybridized carbons (Fsp3) is 0.421. The summed E-state index contributed by atoms with van der Waals surface area (Å²) in [4.78, 5) is 30.4. The van der Waals surface area contributed by atoms with Gasteiger partial charge in [-0.1, -0.05) is 18.2 Å². The first-order valence-electron chi connectivity index (χ1n) is 8.75. The number of benzene rings is 1. The van der Waals surface area contributed by atoms with E-state index in [1.54, 1.807) is 0 Å². The highest BCUT2D eigenvalue weighted by molar-refractivity contribution is 6.06. The molecule has 0 saturated carbocycles. The van der Waals surface area contributed by atoms with Gasteiger partial charge in [-0.3, -0.25) is 20.0 Å². The van der Waals surface area contributed by atoms with E-state index in [9.17, 15) is 9.59 Å². The molecule has 3 heterocycles. The van der Waals surface area contributed by atoms with Crippen LogP contribution in [0.25, 0.3) is 10.9 Å². The molecule has 2 aliphatic rings. The number of aromatic nitrogens is 1. The van der Waals surface area contributed by atoms with E-state index >= 15 is 0 Å². The number of amides is 3. The van der Waals surface area contributed by atoms with Crippen molar-refractivity contribution in [1.82, 2.24) is 20.5 Å². The van der Waals surface area contributed by atoms with Gasteiger partial charge in [-0.05, 0) is 56.5 Å². The van der Waals surface area contributed by atoms with E-state index < -0.39 is 5.54 Å². The molecule has 2 N–H and O–H groups in total. The van der Waals surface area contributed by atoms with E-state index in [4.69, 9.17) is 0 Å². The Kier molecular flexibility index (Phi) is 3.92. The van der Waals surface area contributed by atoms with E-state index in [0.29, 0.717) is 0 Å². The van der Waals surface area contributed by atoms with Gasteiger partial charge in [-0.15, -0.1) is 0 Å². The second kappa shape index (κ2) is 6.11. The number of rotatable bonds is 3. The molecule has 6 nitrogen and oxygen atoms in total. The Morgan fingerprint density at radius 3 is 2.72 bits per heavy atom. The molecule has 0 radical (unpaired) electrons. The monoisotopic (exact) mass is 338 g/mol. The molecule has 1 aromatic heterocycles. The molecule has 25 heavy (non-hydrogen) atoms. The molecule has 3 amide bonds. The van der Waals surface area contributed by atoms with Crippen LogP contribution < -0.4 is 10.6 Å². The van der Waals surface area contributed by atoms with Crippen molar-refractivity contribution < 1.29 is 9.59 Å². The average molecular weight is 338 g/mol. The zero-order valence-corrected chi connectivity index (χ0v) is 14.3. The maximum atomic E-state index is 12.1. The minimum Gasteiger partial charge on any atom is -0.323 e. The Hall–Kier alpha value is -2.47. The summed E-state index contributed by atoms with van der Waals surface area (Å²) < 4.78 is 0. The Morgan fingerprint density at radius 2 is 2.00 bits per heavy atom. The molecule has 4 rings (SSSR count). The fourth-order valence-electron chi connectivity index (χ4n) is 4.06. The zero-order valence-electron chi connectivity index (χ0n) is 14.3. The summed E-state index contributed by atoms with van der Waals surface area (Å²) in [6.07, 6.45) is 3.61. The Morgan fingerprint density at radius 1 is 1.20 bits per heavy atom. The highest BCUT2D eigenvalue weighted by atomic mass is 16.2. The van der Waals surface area contributed by atoms with Crippen LogP contribution in [0.2, 0.25) is 0 Å². The van der Waals surface area contributed by atoms with Gasteiger partial charge in [0.25, 0.3) is 5.91 Å². The van der Waals surface area contributed by atoms with E-state index in [-0.39, 0.29) is 17.9 Å². The lowest BCUT2D eigenvalue weighted by atomic mass is 9.79. The minimum absolute atomic E-state index is 0.171. The number of urea groups is 1. The van der Waals surface area contributed by atoms with Crippen LogP contribution in [-0.2, 0) is 11.3 Å². The summed E-state index contributed by atoms with van der Waals surface area (Å²) in [6.45, 7) is 4.55. The predicted octanol–water partition coefficient (Wildman–Crippen LogP) is 2.04. The molecule has 2 aliphatic heterocycles. The SMILES string of the molecule is CC1(C2CCN(Cc3cccc4ncccc34)CC2)NC(=O)NC1=O. The number of carbonyl (C=O) groups is 2. The van der Waals surface area contributed by atoms with Crippen molar-refractivity contribution >= 4 is 22.8 Å². The number of nitrogens with zero attached hydrogens (tertiary/aromatic N) is 2. The molecule has 1 aromatic carbocycles. The number of pyridine rings is 1. The number of imide groups is 1. The van der Waals surface area contributed by atoms with Gasteiger partial charge in [0.15, 0.2) is 0 Å². The molecule has 0 spiro atoms. The lowest BCUT2D eigenvalue weighted by Crippen LogP contribution is -2.53. The van der Waals surface area contributed by atoms with Crippen LogP contribution in [0.5, 0.6) is 0 Å². The summed E-state index contributed by atoms with van der Waals surface area (Å²) >= 11 is 0.